The van der Waals surface area contributed by atoms with E-state index >= 15 is 0 Å². The van der Waals surface area contributed by atoms with Crippen molar-refractivity contribution in [1.29, 1.82) is 0 Å². The summed E-state index contributed by atoms with van der Waals surface area (Å²) >= 11 is 0. The zero-order valence-electron chi connectivity index (χ0n) is 17.9. The van der Waals surface area contributed by atoms with Gasteiger partial charge in [-0.15, -0.1) is 0 Å². The molecule has 0 atom stereocenters. The van der Waals surface area contributed by atoms with Crippen LogP contribution in [0, 0.1) is 6.92 Å². The number of carbonyl (C=O) groups excluding carboxylic acids is 1. The third-order valence-electron chi connectivity index (χ3n) is 6.13. The molecule has 4 heterocycles. The number of amides is 1. The van der Waals surface area contributed by atoms with E-state index in [0.717, 1.165) is 23.4 Å². The van der Waals surface area contributed by atoms with Crippen molar-refractivity contribution in [3.8, 4) is 0 Å². The number of rotatable bonds is 5. The zero-order chi connectivity index (χ0) is 23.0. The lowest BCUT2D eigenvalue weighted by Gasteiger charge is -2.30. The standard InChI is InChI=1S/C21H25F4N5O2/c1-12-10-26-17(9-14(12)18(22)23)28(2)20-15-11-29(21(31)19(24)25)6-3-16(15)30(27-20)13-4-7-32-8-5-13/h9-10,13,18-19H,3-8,11H2,1-2H3. The lowest BCUT2D eigenvalue weighted by molar-refractivity contribution is -0.143. The van der Waals surface area contributed by atoms with Gasteiger partial charge in [-0.05, 0) is 31.4 Å². The maximum atomic E-state index is 13.4. The van der Waals surface area contributed by atoms with Gasteiger partial charge in [-0.2, -0.15) is 13.9 Å². The van der Waals surface area contributed by atoms with Gasteiger partial charge < -0.3 is 14.5 Å². The Bertz CT molecular complexity index is 991. The van der Waals surface area contributed by atoms with E-state index in [1.54, 1.807) is 18.9 Å². The second-order valence-corrected chi connectivity index (χ2v) is 8.11. The normalized spacial score (nSPS) is 17.2. The fourth-order valence-corrected chi connectivity index (χ4v) is 4.31. The number of pyridine rings is 1. The number of alkyl halides is 4. The summed E-state index contributed by atoms with van der Waals surface area (Å²) in [5.41, 5.74) is 1.76. The Morgan fingerprint density at radius 2 is 1.97 bits per heavy atom. The molecule has 0 N–H and O–H groups in total. The van der Waals surface area contributed by atoms with Crippen molar-refractivity contribution in [3.63, 3.8) is 0 Å². The van der Waals surface area contributed by atoms with E-state index in [-0.39, 0.29) is 30.5 Å². The summed E-state index contributed by atoms with van der Waals surface area (Å²) in [4.78, 5) is 18.9. The zero-order valence-corrected chi connectivity index (χ0v) is 17.9. The number of ether oxygens (including phenoxy) is 1. The Labute approximate surface area is 183 Å². The van der Waals surface area contributed by atoms with Crippen LogP contribution in [0.25, 0.3) is 0 Å². The fourth-order valence-electron chi connectivity index (χ4n) is 4.31. The molecule has 1 saturated heterocycles. The van der Waals surface area contributed by atoms with E-state index in [0.29, 0.717) is 36.6 Å². The molecule has 1 amide bonds. The second-order valence-electron chi connectivity index (χ2n) is 8.11. The van der Waals surface area contributed by atoms with Gasteiger partial charge in [-0.1, -0.05) is 0 Å². The van der Waals surface area contributed by atoms with E-state index in [9.17, 15) is 22.4 Å². The predicted octanol–water partition coefficient (Wildman–Crippen LogP) is 3.79. The maximum absolute atomic E-state index is 13.4. The third-order valence-corrected chi connectivity index (χ3v) is 6.13. The number of fused-ring (bicyclic) bond motifs is 1. The molecular formula is C21H25F4N5O2. The summed E-state index contributed by atoms with van der Waals surface area (Å²) in [7, 11) is 1.65. The van der Waals surface area contributed by atoms with Crippen molar-refractivity contribution in [1.82, 2.24) is 19.7 Å². The van der Waals surface area contributed by atoms with Gasteiger partial charge in [0.2, 0.25) is 0 Å². The van der Waals surface area contributed by atoms with Crippen LogP contribution >= 0.6 is 0 Å². The number of anilines is 2. The highest BCUT2D eigenvalue weighted by molar-refractivity contribution is 5.80. The molecule has 2 aromatic rings. The summed E-state index contributed by atoms with van der Waals surface area (Å²) < 4.78 is 60.3. The lowest BCUT2D eigenvalue weighted by Crippen LogP contribution is -2.40. The van der Waals surface area contributed by atoms with E-state index < -0.39 is 18.8 Å². The molecule has 0 bridgehead atoms. The molecule has 0 unspecified atom stereocenters. The molecule has 174 valence electrons. The molecule has 0 saturated carbocycles. The van der Waals surface area contributed by atoms with Crippen LogP contribution in [0.1, 0.15) is 47.7 Å². The van der Waals surface area contributed by atoms with Gasteiger partial charge in [-0.3, -0.25) is 9.48 Å². The first kappa shape index (κ1) is 22.5. The molecule has 0 aromatic carbocycles. The van der Waals surface area contributed by atoms with Gasteiger partial charge in [0.25, 0.3) is 12.3 Å². The van der Waals surface area contributed by atoms with Crippen LogP contribution in [-0.2, 0) is 22.5 Å². The summed E-state index contributed by atoms with van der Waals surface area (Å²) in [5, 5.41) is 4.76. The van der Waals surface area contributed by atoms with Gasteiger partial charge in [0.1, 0.15) is 5.82 Å². The van der Waals surface area contributed by atoms with Crippen molar-refractivity contribution >= 4 is 17.5 Å². The Balaban J connectivity index is 1.75. The predicted molar refractivity (Wildman–Crippen MR) is 108 cm³/mol. The number of carbonyl (C=O) groups is 1. The van der Waals surface area contributed by atoms with Crippen LogP contribution in [0.4, 0.5) is 29.2 Å². The minimum Gasteiger partial charge on any atom is -0.381 e. The van der Waals surface area contributed by atoms with Crippen molar-refractivity contribution in [2.75, 3.05) is 31.7 Å². The number of nitrogens with zero attached hydrogens (tertiary/aromatic N) is 5. The van der Waals surface area contributed by atoms with Gasteiger partial charge in [-0.25, -0.2) is 13.8 Å². The van der Waals surface area contributed by atoms with E-state index in [2.05, 4.69) is 4.98 Å². The molecule has 4 rings (SSSR count). The molecule has 0 radical (unpaired) electrons. The van der Waals surface area contributed by atoms with Crippen molar-refractivity contribution in [2.24, 2.45) is 0 Å². The van der Waals surface area contributed by atoms with Gasteiger partial charge in [0, 0.05) is 56.2 Å². The van der Waals surface area contributed by atoms with E-state index in [1.807, 2.05) is 4.68 Å². The van der Waals surface area contributed by atoms with Crippen LogP contribution in [0.2, 0.25) is 0 Å². The first-order valence-electron chi connectivity index (χ1n) is 10.5. The largest absolute Gasteiger partial charge is 0.381 e. The van der Waals surface area contributed by atoms with Gasteiger partial charge >= 0.3 is 6.43 Å². The number of hydrogen-bond donors (Lipinski definition) is 0. The quantitative estimate of drug-likeness (QED) is 0.642. The Kier molecular flexibility index (Phi) is 6.36. The number of aromatic nitrogens is 3. The lowest BCUT2D eigenvalue weighted by atomic mass is 10.0. The average molecular weight is 455 g/mol. The number of halogens is 4. The summed E-state index contributed by atoms with van der Waals surface area (Å²) in [6.45, 7) is 2.91. The molecule has 7 nitrogen and oxygen atoms in total. The molecule has 2 aliphatic heterocycles. The smallest absolute Gasteiger partial charge is 0.315 e. The monoisotopic (exact) mass is 455 g/mol. The van der Waals surface area contributed by atoms with Gasteiger partial charge in [0.05, 0.1) is 12.6 Å². The van der Waals surface area contributed by atoms with Crippen molar-refractivity contribution in [3.05, 3.63) is 34.6 Å². The SMILES string of the molecule is Cc1cnc(N(C)c2nn(C3CCOCC3)c3c2CN(C(=O)C(F)F)CC3)cc1C(F)F. The fraction of sp³-hybridized carbons (Fsp3) is 0.571. The topological polar surface area (TPSA) is 63.5 Å². The second kappa shape index (κ2) is 9.05. The van der Waals surface area contributed by atoms with Crippen molar-refractivity contribution < 1.29 is 27.1 Å². The van der Waals surface area contributed by atoms with E-state index in [4.69, 9.17) is 9.84 Å². The first-order valence-corrected chi connectivity index (χ1v) is 10.5. The molecule has 1 fully saturated rings. The third kappa shape index (κ3) is 4.17. The van der Waals surface area contributed by atoms with Crippen molar-refractivity contribution in [2.45, 2.75) is 51.6 Å². The summed E-state index contributed by atoms with van der Waals surface area (Å²) in [5.74, 6) is -0.533. The Hall–Kier alpha value is -2.69. The van der Waals surface area contributed by atoms with Crippen LogP contribution < -0.4 is 4.90 Å². The number of hydrogen-bond acceptors (Lipinski definition) is 5. The molecule has 32 heavy (non-hydrogen) atoms. The molecule has 0 spiro atoms. The average Bonchev–Trinajstić information content (AvgIpc) is 3.17. The van der Waals surface area contributed by atoms with Crippen LogP contribution in [0.15, 0.2) is 12.3 Å². The highest BCUT2D eigenvalue weighted by atomic mass is 19.3. The Morgan fingerprint density at radius 1 is 1.25 bits per heavy atom. The van der Waals surface area contributed by atoms with Crippen LogP contribution in [0.5, 0.6) is 0 Å². The van der Waals surface area contributed by atoms with Crippen LogP contribution in [0.3, 0.4) is 0 Å². The maximum Gasteiger partial charge on any atom is 0.315 e. The Morgan fingerprint density at radius 3 is 2.62 bits per heavy atom. The van der Waals surface area contributed by atoms with Crippen LogP contribution in [-0.4, -0.2) is 58.8 Å². The number of aryl methyl sites for hydroxylation is 1. The first-order chi connectivity index (χ1) is 15.3. The van der Waals surface area contributed by atoms with E-state index in [1.165, 1.54) is 12.3 Å². The highest BCUT2D eigenvalue weighted by Crippen LogP contribution is 2.36. The minimum absolute atomic E-state index is 0.0189. The summed E-state index contributed by atoms with van der Waals surface area (Å²) in [6, 6.07) is 1.39. The molecule has 2 aromatic heterocycles. The molecule has 11 heteroatoms. The minimum atomic E-state index is -3.09. The molecule has 2 aliphatic rings. The molecular weight excluding hydrogens is 430 g/mol. The molecule has 0 aliphatic carbocycles. The summed E-state index contributed by atoms with van der Waals surface area (Å²) in [6.07, 6.45) is -2.46. The van der Waals surface area contributed by atoms with Gasteiger partial charge in [0.15, 0.2) is 5.82 Å². The highest BCUT2D eigenvalue weighted by Gasteiger charge is 2.34.